The summed E-state index contributed by atoms with van der Waals surface area (Å²) in [4.78, 5) is 3.94. The fourth-order valence-electron chi connectivity index (χ4n) is 2.11. The van der Waals surface area contributed by atoms with E-state index in [1.54, 1.807) is 6.92 Å². The molecule has 0 amide bonds. The second-order valence-electron chi connectivity index (χ2n) is 5.34. The second kappa shape index (κ2) is 6.52. The molecule has 0 aliphatic carbocycles. The lowest BCUT2D eigenvalue weighted by atomic mass is 9.86. The molecule has 1 aromatic heterocycles. The molecular weight excluding hydrogens is 304 g/mol. The molecule has 1 aromatic rings. The molecule has 0 spiro atoms. The minimum Gasteiger partial charge on any atom is -0.229 e. The molecule has 0 fully saturated rings. The van der Waals surface area contributed by atoms with Crippen molar-refractivity contribution in [2.75, 3.05) is 6.54 Å². The summed E-state index contributed by atoms with van der Waals surface area (Å²) in [5, 5.41) is 0. The fourth-order valence-corrected chi connectivity index (χ4v) is 4.97. The van der Waals surface area contributed by atoms with E-state index in [1.165, 1.54) is 0 Å². The van der Waals surface area contributed by atoms with Gasteiger partial charge in [0, 0.05) is 6.54 Å². The Morgan fingerprint density at radius 1 is 1.26 bits per heavy atom. The molecule has 19 heavy (non-hydrogen) atoms. The Morgan fingerprint density at radius 3 is 2.16 bits per heavy atom. The highest BCUT2D eigenvalue weighted by molar-refractivity contribution is 7.91. The Kier molecular flexibility index (Phi) is 5.79. The van der Waals surface area contributed by atoms with Crippen LogP contribution in [0.1, 0.15) is 33.4 Å². The van der Waals surface area contributed by atoms with Crippen molar-refractivity contribution in [3.63, 3.8) is 0 Å². The Morgan fingerprint density at radius 2 is 1.79 bits per heavy atom. The third kappa shape index (κ3) is 4.41. The Labute approximate surface area is 124 Å². The third-order valence-corrected chi connectivity index (χ3v) is 6.49. The molecule has 0 bridgehead atoms. The molecule has 0 saturated carbocycles. The molecule has 0 aliphatic rings. The lowest BCUT2D eigenvalue weighted by molar-refractivity contribution is 0.289. The number of aryl methyl sites for hydroxylation is 1. The van der Waals surface area contributed by atoms with Gasteiger partial charge in [0.15, 0.2) is 8.68 Å². The maximum Gasteiger partial charge on any atom is 0.251 e. The van der Waals surface area contributed by atoms with E-state index in [9.17, 15) is 8.42 Å². The van der Waals surface area contributed by atoms with Gasteiger partial charge in [-0.3, -0.25) is 0 Å². The Balaban J connectivity index is 2.84. The van der Waals surface area contributed by atoms with Crippen LogP contribution in [0, 0.1) is 24.7 Å². The van der Waals surface area contributed by atoms with Gasteiger partial charge in [-0.15, -0.1) is 0 Å². The molecule has 0 saturated heterocycles. The smallest absolute Gasteiger partial charge is 0.229 e. The van der Waals surface area contributed by atoms with E-state index in [-0.39, 0.29) is 8.68 Å². The standard InChI is InChI=1S/C12H21ClN2O2S2/c1-7(2)10(8(3)4)6-14-19(16,17)11-9(5)15-12(13)18-11/h7-8,10,14H,6H2,1-5H3. The van der Waals surface area contributed by atoms with E-state index >= 15 is 0 Å². The molecule has 1 N–H and O–H groups in total. The van der Waals surface area contributed by atoms with Gasteiger partial charge in [-0.1, -0.05) is 50.6 Å². The van der Waals surface area contributed by atoms with Crippen LogP contribution in [0.15, 0.2) is 4.21 Å². The van der Waals surface area contributed by atoms with Crippen molar-refractivity contribution in [2.24, 2.45) is 17.8 Å². The minimum absolute atomic E-state index is 0.212. The number of nitrogens with zero attached hydrogens (tertiary/aromatic N) is 1. The average Bonchev–Trinajstić information content (AvgIpc) is 2.57. The molecule has 1 heterocycles. The summed E-state index contributed by atoms with van der Waals surface area (Å²) in [6.45, 7) is 10.5. The highest BCUT2D eigenvalue weighted by Crippen LogP contribution is 2.27. The fraction of sp³-hybridized carbons (Fsp3) is 0.750. The van der Waals surface area contributed by atoms with Crippen molar-refractivity contribution in [2.45, 2.75) is 38.8 Å². The topological polar surface area (TPSA) is 59.1 Å². The maximum absolute atomic E-state index is 12.2. The van der Waals surface area contributed by atoms with Gasteiger partial charge in [0.1, 0.15) is 0 Å². The molecule has 110 valence electrons. The van der Waals surface area contributed by atoms with Crippen molar-refractivity contribution in [3.8, 4) is 0 Å². The summed E-state index contributed by atoms with van der Waals surface area (Å²) < 4.78 is 27.6. The number of nitrogens with one attached hydrogen (secondary N) is 1. The van der Waals surface area contributed by atoms with Crippen LogP contribution in [-0.2, 0) is 10.0 Å². The molecule has 0 radical (unpaired) electrons. The van der Waals surface area contributed by atoms with E-state index in [4.69, 9.17) is 11.6 Å². The lowest BCUT2D eigenvalue weighted by Gasteiger charge is -2.24. The molecule has 7 heteroatoms. The number of hydrogen-bond acceptors (Lipinski definition) is 4. The van der Waals surface area contributed by atoms with Gasteiger partial charge >= 0.3 is 0 Å². The zero-order valence-electron chi connectivity index (χ0n) is 11.9. The van der Waals surface area contributed by atoms with E-state index in [0.29, 0.717) is 30.0 Å². The number of thiazole rings is 1. The van der Waals surface area contributed by atoms with Gasteiger partial charge in [-0.25, -0.2) is 18.1 Å². The summed E-state index contributed by atoms with van der Waals surface area (Å²) in [7, 11) is -3.51. The first-order valence-corrected chi connectivity index (χ1v) is 8.95. The number of hydrogen-bond donors (Lipinski definition) is 1. The normalized spacial score (nSPS) is 12.9. The summed E-state index contributed by atoms with van der Waals surface area (Å²) >= 11 is 6.74. The minimum atomic E-state index is -3.51. The van der Waals surface area contributed by atoms with Crippen LogP contribution >= 0.6 is 22.9 Å². The zero-order valence-corrected chi connectivity index (χ0v) is 14.3. The summed E-state index contributed by atoms with van der Waals surface area (Å²) in [5.41, 5.74) is 0.452. The quantitative estimate of drug-likeness (QED) is 0.873. The lowest BCUT2D eigenvalue weighted by Crippen LogP contribution is -2.33. The molecule has 0 aromatic carbocycles. The molecular formula is C12H21ClN2O2S2. The Bertz CT molecular complexity index is 516. The van der Waals surface area contributed by atoms with Gasteiger partial charge in [0.2, 0.25) is 0 Å². The van der Waals surface area contributed by atoms with Crippen LogP contribution in [-0.4, -0.2) is 19.9 Å². The first kappa shape index (κ1) is 16.9. The zero-order chi connectivity index (χ0) is 14.8. The summed E-state index contributed by atoms with van der Waals surface area (Å²) in [6.07, 6.45) is 0. The van der Waals surface area contributed by atoms with Crippen molar-refractivity contribution < 1.29 is 8.42 Å². The van der Waals surface area contributed by atoms with Gasteiger partial charge in [0.05, 0.1) is 5.69 Å². The predicted octanol–water partition coefficient (Wildman–Crippen LogP) is 3.31. The van der Waals surface area contributed by atoms with Crippen LogP contribution in [0.3, 0.4) is 0 Å². The predicted molar refractivity (Wildman–Crippen MR) is 80.2 cm³/mol. The van der Waals surface area contributed by atoms with Crippen LogP contribution in [0.5, 0.6) is 0 Å². The van der Waals surface area contributed by atoms with Crippen molar-refractivity contribution >= 4 is 33.0 Å². The number of rotatable bonds is 6. The van der Waals surface area contributed by atoms with Crippen molar-refractivity contribution in [1.82, 2.24) is 9.71 Å². The average molecular weight is 325 g/mol. The largest absolute Gasteiger partial charge is 0.251 e. The van der Waals surface area contributed by atoms with Gasteiger partial charge in [0.25, 0.3) is 10.0 Å². The number of halogens is 1. The molecule has 0 unspecified atom stereocenters. The third-order valence-electron chi connectivity index (χ3n) is 3.19. The molecule has 4 nitrogen and oxygen atoms in total. The van der Waals surface area contributed by atoms with Crippen molar-refractivity contribution in [3.05, 3.63) is 10.2 Å². The second-order valence-corrected chi connectivity index (χ2v) is 8.89. The number of sulfonamides is 1. The molecule has 1 rings (SSSR count). The summed E-state index contributed by atoms with van der Waals surface area (Å²) in [6, 6.07) is 0. The van der Waals surface area contributed by atoms with Gasteiger partial charge < -0.3 is 0 Å². The van der Waals surface area contributed by atoms with Gasteiger partial charge in [-0.2, -0.15) is 0 Å². The van der Waals surface area contributed by atoms with E-state index in [1.807, 2.05) is 0 Å². The SMILES string of the molecule is Cc1nc(Cl)sc1S(=O)(=O)NCC(C(C)C)C(C)C. The Hall–Kier alpha value is -0.170. The highest BCUT2D eigenvalue weighted by Gasteiger charge is 2.24. The monoisotopic (exact) mass is 324 g/mol. The first-order valence-electron chi connectivity index (χ1n) is 6.27. The summed E-state index contributed by atoms with van der Waals surface area (Å²) in [5.74, 6) is 1.15. The first-order chi connectivity index (χ1) is 8.65. The molecule has 0 atom stereocenters. The van der Waals surface area contributed by atoms with Crippen LogP contribution in [0.4, 0.5) is 0 Å². The van der Waals surface area contributed by atoms with E-state index in [2.05, 4.69) is 37.4 Å². The number of aromatic nitrogens is 1. The van der Waals surface area contributed by atoms with Gasteiger partial charge in [-0.05, 0) is 24.7 Å². The maximum atomic E-state index is 12.2. The van der Waals surface area contributed by atoms with Crippen LogP contribution < -0.4 is 4.72 Å². The van der Waals surface area contributed by atoms with Crippen LogP contribution in [0.25, 0.3) is 0 Å². The highest BCUT2D eigenvalue weighted by atomic mass is 35.5. The van der Waals surface area contributed by atoms with Crippen LogP contribution in [0.2, 0.25) is 4.47 Å². The molecule has 0 aliphatic heterocycles. The van der Waals surface area contributed by atoms with E-state index < -0.39 is 10.0 Å². The van der Waals surface area contributed by atoms with Crippen molar-refractivity contribution in [1.29, 1.82) is 0 Å². The van der Waals surface area contributed by atoms with E-state index in [0.717, 1.165) is 11.3 Å².